The molecule has 7 aromatic carbocycles. The Kier molecular flexibility index (Phi) is 7.67. The normalized spacial score (nSPS) is 12.1. The van der Waals surface area contributed by atoms with Crippen LogP contribution in [0.15, 0.2) is 146 Å². The molecule has 0 fully saturated rings. The number of hydrogen-bond acceptors (Lipinski definition) is 8. The minimum absolute atomic E-state index is 0.112. The quantitative estimate of drug-likeness (QED) is 0.143. The van der Waals surface area contributed by atoms with Gasteiger partial charge in [-0.15, -0.1) is 25.6 Å². The van der Waals surface area contributed by atoms with Gasteiger partial charge in [0, 0.05) is 32.6 Å². The van der Waals surface area contributed by atoms with Gasteiger partial charge >= 0.3 is 0 Å². The van der Waals surface area contributed by atoms with E-state index >= 15 is 0 Å². The molecule has 0 aromatic heterocycles. The van der Waals surface area contributed by atoms with Crippen molar-refractivity contribution in [1.29, 1.82) is 0 Å². The SMILES string of the molecule is Cc1ccc2c(N=Nc3ccc(N=Nc4cc(C)c5ccccc5c4O)c4ccc(C)cc34)ccc(N=Nc3ccc(N)cc3)c2c1. The van der Waals surface area contributed by atoms with E-state index in [0.717, 1.165) is 66.1 Å². The molecule has 0 unspecified atom stereocenters. The van der Waals surface area contributed by atoms with Gasteiger partial charge in [-0.05, 0) is 98.5 Å². The number of aromatic hydroxyl groups is 1. The summed E-state index contributed by atoms with van der Waals surface area (Å²) < 4.78 is 0. The molecule has 0 aliphatic rings. The number of anilines is 1. The van der Waals surface area contributed by atoms with E-state index in [1.165, 1.54) is 0 Å². The van der Waals surface area contributed by atoms with Crippen LogP contribution < -0.4 is 5.73 Å². The lowest BCUT2D eigenvalue weighted by molar-refractivity contribution is 0.482. The Labute approximate surface area is 271 Å². The minimum atomic E-state index is 0.112. The summed E-state index contributed by atoms with van der Waals surface area (Å²) in [6.45, 7) is 6.09. The predicted octanol–water partition coefficient (Wildman–Crippen LogP) is 12.6. The van der Waals surface area contributed by atoms with Crippen molar-refractivity contribution in [3.63, 3.8) is 0 Å². The van der Waals surface area contributed by atoms with E-state index in [0.29, 0.717) is 22.7 Å². The Hall–Kier alpha value is -6.28. The summed E-state index contributed by atoms with van der Waals surface area (Å²) in [5.41, 5.74) is 13.7. The van der Waals surface area contributed by atoms with Crippen molar-refractivity contribution in [3.05, 3.63) is 132 Å². The topological polar surface area (TPSA) is 120 Å². The molecule has 8 heteroatoms. The number of hydrogen-bond donors (Lipinski definition) is 2. The Morgan fingerprint density at radius 1 is 0.426 bits per heavy atom. The van der Waals surface area contributed by atoms with Gasteiger partial charge < -0.3 is 10.8 Å². The molecule has 0 radical (unpaired) electrons. The van der Waals surface area contributed by atoms with Crippen LogP contribution in [0.5, 0.6) is 5.75 Å². The molecule has 0 aliphatic carbocycles. The monoisotopic (exact) mass is 613 g/mol. The average molecular weight is 614 g/mol. The van der Waals surface area contributed by atoms with Crippen LogP contribution >= 0.6 is 0 Å². The van der Waals surface area contributed by atoms with Crippen LogP contribution in [0.25, 0.3) is 32.3 Å². The van der Waals surface area contributed by atoms with Crippen LogP contribution in [-0.4, -0.2) is 5.11 Å². The van der Waals surface area contributed by atoms with Gasteiger partial charge in [-0.2, -0.15) is 5.11 Å². The van der Waals surface area contributed by atoms with Gasteiger partial charge in [-0.3, -0.25) is 0 Å². The first kappa shape index (κ1) is 29.4. The average Bonchev–Trinajstić information content (AvgIpc) is 3.08. The zero-order valence-corrected chi connectivity index (χ0v) is 26.2. The van der Waals surface area contributed by atoms with Gasteiger partial charge in [0.1, 0.15) is 5.69 Å². The zero-order chi connectivity index (χ0) is 32.5. The molecule has 0 amide bonds. The number of nitrogens with zero attached hydrogens (tertiary/aromatic N) is 6. The Balaban J connectivity index is 1.25. The third-order valence-corrected chi connectivity index (χ3v) is 8.15. The van der Waals surface area contributed by atoms with Crippen LogP contribution in [0.3, 0.4) is 0 Å². The number of phenolic OH excluding ortho intramolecular Hbond substituents is 1. The van der Waals surface area contributed by atoms with Gasteiger partial charge in [0.15, 0.2) is 5.75 Å². The van der Waals surface area contributed by atoms with Gasteiger partial charge in [0.2, 0.25) is 0 Å². The molecule has 0 heterocycles. The van der Waals surface area contributed by atoms with Crippen LogP contribution in [0.1, 0.15) is 16.7 Å². The first-order valence-electron chi connectivity index (χ1n) is 15.2. The van der Waals surface area contributed by atoms with E-state index in [2.05, 4.69) is 38.7 Å². The van der Waals surface area contributed by atoms with E-state index in [9.17, 15) is 5.11 Å². The molecule has 0 aliphatic heterocycles. The van der Waals surface area contributed by atoms with Crippen molar-refractivity contribution < 1.29 is 5.11 Å². The fourth-order valence-electron chi connectivity index (χ4n) is 5.68. The van der Waals surface area contributed by atoms with E-state index in [1.54, 1.807) is 12.1 Å². The molecule has 0 saturated carbocycles. The summed E-state index contributed by atoms with van der Waals surface area (Å²) in [5, 5.41) is 43.7. The van der Waals surface area contributed by atoms with E-state index in [1.807, 2.05) is 106 Å². The molecule has 0 bridgehead atoms. The molecule has 0 spiro atoms. The minimum Gasteiger partial charge on any atom is -0.505 e. The summed E-state index contributed by atoms with van der Waals surface area (Å²) in [6.07, 6.45) is 0. The Bertz CT molecular complexity index is 2410. The van der Waals surface area contributed by atoms with E-state index < -0.39 is 0 Å². The molecule has 7 aromatic rings. The lowest BCUT2D eigenvalue weighted by atomic mass is 10.0. The van der Waals surface area contributed by atoms with Crippen molar-refractivity contribution in [2.45, 2.75) is 20.8 Å². The number of nitrogen functional groups attached to an aromatic ring is 1. The summed E-state index contributed by atoms with van der Waals surface area (Å²) in [4.78, 5) is 0. The lowest BCUT2D eigenvalue weighted by Crippen LogP contribution is -1.81. The Morgan fingerprint density at radius 3 is 1.45 bits per heavy atom. The van der Waals surface area contributed by atoms with Crippen molar-refractivity contribution in [1.82, 2.24) is 0 Å². The second-order valence-electron chi connectivity index (χ2n) is 11.6. The highest BCUT2D eigenvalue weighted by Crippen LogP contribution is 2.41. The fourth-order valence-corrected chi connectivity index (χ4v) is 5.68. The number of nitrogens with two attached hydrogens (primary N) is 1. The van der Waals surface area contributed by atoms with Crippen molar-refractivity contribution in [3.8, 4) is 5.75 Å². The Morgan fingerprint density at radius 2 is 0.894 bits per heavy atom. The maximum absolute atomic E-state index is 10.9. The molecule has 0 atom stereocenters. The summed E-state index contributed by atoms with van der Waals surface area (Å²) in [6, 6.07) is 36.7. The maximum atomic E-state index is 10.9. The number of fused-ring (bicyclic) bond motifs is 3. The summed E-state index contributed by atoms with van der Waals surface area (Å²) in [5.74, 6) is 0.112. The number of phenols is 1. The maximum Gasteiger partial charge on any atom is 0.150 e. The predicted molar refractivity (Wildman–Crippen MR) is 191 cm³/mol. The summed E-state index contributed by atoms with van der Waals surface area (Å²) >= 11 is 0. The standard InChI is InChI=1S/C39H31N7O/c1-23-8-14-29-32(20-23)36(42-41-27-12-10-26(40)11-13-27)18-16-34(29)43-45-37-19-17-35(30-15-9-24(2)21-33(30)37)44-46-38-22-25(3)28-6-4-5-7-31(28)39(38)47/h4-22,47H,40H2,1-3H3. The third kappa shape index (κ3) is 5.92. The third-order valence-electron chi connectivity index (χ3n) is 8.15. The van der Waals surface area contributed by atoms with Gasteiger partial charge in [-0.1, -0.05) is 59.7 Å². The van der Waals surface area contributed by atoms with Crippen LogP contribution in [0, 0.1) is 20.8 Å². The van der Waals surface area contributed by atoms with E-state index in [-0.39, 0.29) is 5.75 Å². The number of azo groups is 3. The van der Waals surface area contributed by atoms with Gasteiger partial charge in [0.25, 0.3) is 0 Å². The highest BCUT2D eigenvalue weighted by Gasteiger charge is 2.11. The second-order valence-corrected chi connectivity index (χ2v) is 11.6. The van der Waals surface area contributed by atoms with Crippen LogP contribution in [0.4, 0.5) is 39.8 Å². The number of aryl methyl sites for hydroxylation is 3. The molecular formula is C39H31N7O. The molecular weight excluding hydrogens is 582 g/mol. The molecule has 8 nitrogen and oxygen atoms in total. The first-order chi connectivity index (χ1) is 22.8. The molecule has 228 valence electrons. The highest BCUT2D eigenvalue weighted by atomic mass is 16.3. The zero-order valence-electron chi connectivity index (χ0n) is 26.2. The van der Waals surface area contributed by atoms with E-state index in [4.69, 9.17) is 16.0 Å². The van der Waals surface area contributed by atoms with Crippen molar-refractivity contribution in [2.75, 3.05) is 5.73 Å². The van der Waals surface area contributed by atoms with Crippen LogP contribution in [0.2, 0.25) is 0 Å². The van der Waals surface area contributed by atoms with Crippen molar-refractivity contribution >= 4 is 72.1 Å². The number of rotatable bonds is 6. The molecule has 47 heavy (non-hydrogen) atoms. The smallest absolute Gasteiger partial charge is 0.150 e. The largest absolute Gasteiger partial charge is 0.505 e. The molecule has 7 rings (SSSR count). The lowest BCUT2D eigenvalue weighted by Gasteiger charge is -2.08. The van der Waals surface area contributed by atoms with Gasteiger partial charge in [0.05, 0.1) is 28.4 Å². The fraction of sp³-hybridized carbons (Fsp3) is 0.0769. The second kappa shape index (κ2) is 12.3. The van der Waals surface area contributed by atoms with Crippen LogP contribution in [-0.2, 0) is 0 Å². The molecule has 3 N–H and O–H groups in total. The van der Waals surface area contributed by atoms with Crippen molar-refractivity contribution in [2.24, 2.45) is 30.7 Å². The van der Waals surface area contributed by atoms with Gasteiger partial charge in [-0.25, -0.2) is 0 Å². The summed E-state index contributed by atoms with van der Waals surface area (Å²) in [7, 11) is 0. The first-order valence-corrected chi connectivity index (χ1v) is 15.2. The number of benzene rings is 7. The molecule has 0 saturated heterocycles. The highest BCUT2D eigenvalue weighted by molar-refractivity contribution is 6.02.